The summed E-state index contributed by atoms with van der Waals surface area (Å²) < 4.78 is 12.7. The van der Waals surface area contributed by atoms with Crippen LogP contribution in [0.2, 0.25) is 18.1 Å². The van der Waals surface area contributed by atoms with Crippen LogP contribution in [0, 0.1) is 6.92 Å². The van der Waals surface area contributed by atoms with E-state index in [1.807, 2.05) is 35.8 Å². The minimum atomic E-state index is -1.90. The average Bonchev–Trinajstić information content (AvgIpc) is 3.11. The van der Waals surface area contributed by atoms with Crippen LogP contribution in [0.3, 0.4) is 0 Å². The van der Waals surface area contributed by atoms with Gasteiger partial charge in [0, 0.05) is 5.69 Å². The molecule has 3 rings (SSSR count). The molecule has 0 radical (unpaired) electrons. The molecule has 35 heavy (non-hydrogen) atoms. The molecule has 9 heteroatoms. The Morgan fingerprint density at radius 1 is 1.03 bits per heavy atom. The highest BCUT2D eigenvalue weighted by Gasteiger charge is 2.37. The molecule has 3 aromatic rings. The number of rotatable bonds is 9. The van der Waals surface area contributed by atoms with Crippen LogP contribution in [0.5, 0.6) is 5.75 Å². The fraction of sp³-hybridized carbons (Fsp3) is 0.538. The Morgan fingerprint density at radius 2 is 1.74 bits per heavy atom. The smallest absolute Gasteiger partial charge is 0.248 e. The summed E-state index contributed by atoms with van der Waals surface area (Å²) in [7, 11) is -1.90. The number of hydrogen-bond donors (Lipinski definition) is 0. The van der Waals surface area contributed by atoms with Gasteiger partial charge in [-0.2, -0.15) is 0 Å². The lowest BCUT2D eigenvalue weighted by Gasteiger charge is -2.36. The molecule has 0 aliphatic heterocycles. The molecule has 0 aliphatic rings. The Balaban J connectivity index is 2.02. The van der Waals surface area contributed by atoms with E-state index in [9.17, 15) is 0 Å². The van der Waals surface area contributed by atoms with Crippen LogP contribution in [0.15, 0.2) is 30.3 Å². The van der Waals surface area contributed by atoms with Crippen molar-refractivity contribution in [2.75, 3.05) is 6.61 Å². The summed E-state index contributed by atoms with van der Waals surface area (Å²) in [6.45, 7) is 16.8. The molecule has 192 valence electrons. The van der Waals surface area contributed by atoms with Crippen LogP contribution in [0.25, 0.3) is 11.0 Å². The summed E-state index contributed by atoms with van der Waals surface area (Å²) >= 11 is 19.1. The normalized spacial score (nSPS) is 13.0. The maximum atomic E-state index is 6.45. The van der Waals surface area contributed by atoms with Gasteiger partial charge in [-0.15, -0.1) is 0 Å². The summed E-state index contributed by atoms with van der Waals surface area (Å²) in [4.78, 5) is 9.42. The lowest BCUT2D eigenvalue weighted by atomic mass is 10.2. The zero-order valence-electron chi connectivity index (χ0n) is 21.7. The zero-order chi connectivity index (χ0) is 26.0. The minimum absolute atomic E-state index is 0.131. The number of fused-ring (bicyclic) bond motifs is 1. The molecule has 0 saturated carbocycles. The predicted molar refractivity (Wildman–Crippen MR) is 149 cm³/mol. The molecule has 1 aromatic carbocycles. The highest BCUT2D eigenvalue weighted by Crippen LogP contribution is 2.40. The van der Waals surface area contributed by atoms with Crippen molar-refractivity contribution < 1.29 is 9.16 Å². The molecular weight excluding hydrogens is 521 g/mol. The van der Waals surface area contributed by atoms with Gasteiger partial charge in [0.1, 0.15) is 11.4 Å². The number of ether oxygens (including phenoxy) is 1. The first kappa shape index (κ1) is 28.3. The second kappa shape index (κ2) is 11.0. The van der Waals surface area contributed by atoms with Crippen molar-refractivity contribution in [2.45, 2.75) is 82.5 Å². The number of imidazole rings is 1. The van der Waals surface area contributed by atoms with Crippen molar-refractivity contribution >= 4 is 54.2 Å². The first-order valence-electron chi connectivity index (χ1n) is 12.0. The van der Waals surface area contributed by atoms with Crippen molar-refractivity contribution in [1.82, 2.24) is 14.5 Å². The highest BCUT2D eigenvalue weighted by molar-refractivity contribution is 6.74. The maximum absolute atomic E-state index is 6.45. The van der Waals surface area contributed by atoms with Gasteiger partial charge in [0.2, 0.25) is 3.79 Å². The van der Waals surface area contributed by atoms with Crippen molar-refractivity contribution in [3.63, 3.8) is 0 Å². The molecule has 0 aliphatic carbocycles. The Labute approximate surface area is 225 Å². The van der Waals surface area contributed by atoms with E-state index in [-0.39, 0.29) is 5.04 Å². The van der Waals surface area contributed by atoms with E-state index in [0.717, 1.165) is 46.6 Å². The van der Waals surface area contributed by atoms with Crippen LogP contribution in [0.4, 0.5) is 0 Å². The van der Waals surface area contributed by atoms with Gasteiger partial charge in [-0.1, -0.05) is 75.0 Å². The maximum Gasteiger partial charge on any atom is 0.248 e. The van der Waals surface area contributed by atoms with E-state index in [1.54, 1.807) is 0 Å². The second-order valence-corrected chi connectivity index (χ2v) is 17.6. The number of aryl methyl sites for hydroxylation is 1. The van der Waals surface area contributed by atoms with Gasteiger partial charge < -0.3 is 13.7 Å². The molecule has 2 aromatic heterocycles. The van der Waals surface area contributed by atoms with Crippen molar-refractivity contribution in [3.05, 3.63) is 53.1 Å². The fourth-order valence-corrected chi connectivity index (χ4v) is 4.83. The third kappa shape index (κ3) is 6.92. The molecule has 0 N–H and O–H groups in total. The first-order chi connectivity index (χ1) is 16.2. The number of benzene rings is 1. The van der Waals surface area contributed by atoms with E-state index in [2.05, 4.69) is 51.8 Å². The van der Waals surface area contributed by atoms with Crippen LogP contribution < -0.4 is 4.74 Å². The number of pyridine rings is 1. The molecule has 5 nitrogen and oxygen atoms in total. The molecule has 0 saturated heterocycles. The molecule has 0 bridgehead atoms. The molecule has 0 atom stereocenters. The predicted octanol–water partition coefficient (Wildman–Crippen LogP) is 8.32. The van der Waals surface area contributed by atoms with E-state index < -0.39 is 12.1 Å². The van der Waals surface area contributed by atoms with E-state index in [1.165, 1.54) is 0 Å². The number of halogens is 3. The third-order valence-electron chi connectivity index (χ3n) is 6.61. The summed E-state index contributed by atoms with van der Waals surface area (Å²) in [5.74, 6) is 1.08. The van der Waals surface area contributed by atoms with E-state index in [4.69, 9.17) is 48.9 Å². The summed E-state index contributed by atoms with van der Waals surface area (Å²) in [6, 6.07) is 9.96. The van der Waals surface area contributed by atoms with Crippen LogP contribution in [-0.4, -0.2) is 29.5 Å². The SMILES string of the molecule is CCCCOc1ccc(C)nc1Cn1c(C(Cl)(Cl)Cl)nc2ccc(CO[Si](C)(C)C(C)(C)C)cc21. The third-order valence-corrected chi connectivity index (χ3v) is 11.6. The lowest BCUT2D eigenvalue weighted by Crippen LogP contribution is -2.40. The highest BCUT2D eigenvalue weighted by atomic mass is 35.6. The van der Waals surface area contributed by atoms with Gasteiger partial charge in [0.15, 0.2) is 14.1 Å². The summed E-state index contributed by atoms with van der Waals surface area (Å²) in [5.41, 5.74) is 4.34. The van der Waals surface area contributed by atoms with E-state index in [0.29, 0.717) is 25.6 Å². The molecule has 0 unspecified atom stereocenters. The van der Waals surface area contributed by atoms with Crippen molar-refractivity contribution in [1.29, 1.82) is 0 Å². The largest absolute Gasteiger partial charge is 0.492 e. The quantitative estimate of drug-likeness (QED) is 0.151. The van der Waals surface area contributed by atoms with Gasteiger partial charge in [0.25, 0.3) is 0 Å². The first-order valence-corrected chi connectivity index (χ1v) is 16.1. The summed E-state index contributed by atoms with van der Waals surface area (Å²) in [5, 5.41) is 0.131. The van der Waals surface area contributed by atoms with Gasteiger partial charge >= 0.3 is 0 Å². The number of aromatic nitrogens is 3. The Bertz CT molecular complexity index is 1170. The number of nitrogens with zero attached hydrogens (tertiary/aromatic N) is 3. The second-order valence-electron chi connectivity index (χ2n) is 10.5. The van der Waals surface area contributed by atoms with Crippen LogP contribution in [0.1, 0.15) is 63.3 Å². The van der Waals surface area contributed by atoms with Gasteiger partial charge in [-0.25, -0.2) is 4.98 Å². The molecule has 0 fully saturated rings. The zero-order valence-corrected chi connectivity index (χ0v) is 25.0. The minimum Gasteiger partial charge on any atom is -0.492 e. The van der Waals surface area contributed by atoms with Gasteiger partial charge in [-0.05, 0) is 61.3 Å². The monoisotopic (exact) mass is 555 g/mol. The number of alkyl halides is 3. The number of hydrogen-bond acceptors (Lipinski definition) is 4. The van der Waals surface area contributed by atoms with Crippen molar-refractivity contribution in [2.24, 2.45) is 0 Å². The van der Waals surface area contributed by atoms with Crippen molar-refractivity contribution in [3.8, 4) is 5.75 Å². The standard InChI is InChI=1S/C26H36Cl3N3O2Si/c1-8-9-14-33-23-13-10-18(2)30-21(23)16-32-22-15-19(17-34-35(6,7)25(3,4)5)11-12-20(22)31-24(32)26(27,28)29/h10-13,15H,8-9,14,16-17H2,1-7H3. The fourth-order valence-electron chi connectivity index (χ4n) is 3.43. The Morgan fingerprint density at radius 3 is 2.37 bits per heavy atom. The van der Waals surface area contributed by atoms with Gasteiger partial charge in [-0.3, -0.25) is 4.98 Å². The Hall–Kier alpha value is -1.31. The van der Waals surface area contributed by atoms with Crippen LogP contribution >= 0.6 is 34.8 Å². The average molecular weight is 557 g/mol. The molecule has 0 spiro atoms. The molecule has 2 heterocycles. The number of unbranched alkanes of at least 4 members (excludes halogenated alkanes) is 1. The lowest BCUT2D eigenvalue weighted by molar-refractivity contribution is 0.276. The topological polar surface area (TPSA) is 49.2 Å². The van der Waals surface area contributed by atoms with E-state index >= 15 is 0 Å². The molecule has 0 amide bonds. The van der Waals surface area contributed by atoms with Crippen LogP contribution in [-0.2, 0) is 21.4 Å². The Kier molecular flexibility index (Phi) is 8.86. The summed E-state index contributed by atoms with van der Waals surface area (Å²) in [6.07, 6.45) is 2.02. The molecular formula is C26H36Cl3N3O2Si. The van der Waals surface area contributed by atoms with Gasteiger partial charge in [0.05, 0.1) is 30.8 Å².